The third-order valence-electron chi connectivity index (χ3n) is 3.33. The molecule has 0 heterocycles. The van der Waals surface area contributed by atoms with E-state index in [0.29, 0.717) is 5.75 Å². The van der Waals surface area contributed by atoms with Crippen molar-refractivity contribution in [3.63, 3.8) is 0 Å². The Labute approximate surface area is 126 Å². The molecule has 1 atom stereocenters. The fourth-order valence-corrected chi connectivity index (χ4v) is 1.62. The second-order valence-corrected chi connectivity index (χ2v) is 5.41. The number of hydrogen-bond donors (Lipinski definition) is 0. The van der Waals surface area contributed by atoms with Gasteiger partial charge in [-0.2, -0.15) is 0 Å². The van der Waals surface area contributed by atoms with Crippen LogP contribution in [0.25, 0.3) is 0 Å². The van der Waals surface area contributed by atoms with E-state index in [1.165, 1.54) is 0 Å². The standard InChI is InChI=1S/C17H24O4/c1-5-14-7-6-8-15(11-14)21-17(19)10-9-16(18)20-13(4)12(2)3/h6-8,11-13H,5,9-10H2,1-4H3. The molecule has 0 radical (unpaired) electrons. The van der Waals surface area contributed by atoms with E-state index in [2.05, 4.69) is 0 Å². The Kier molecular flexibility index (Phi) is 6.92. The Morgan fingerprint density at radius 1 is 1.10 bits per heavy atom. The zero-order valence-corrected chi connectivity index (χ0v) is 13.2. The largest absolute Gasteiger partial charge is 0.462 e. The lowest BCUT2D eigenvalue weighted by atomic mass is 10.1. The van der Waals surface area contributed by atoms with E-state index in [-0.39, 0.29) is 30.8 Å². The van der Waals surface area contributed by atoms with Gasteiger partial charge in [-0.3, -0.25) is 9.59 Å². The molecule has 21 heavy (non-hydrogen) atoms. The number of esters is 2. The summed E-state index contributed by atoms with van der Waals surface area (Å²) in [6.45, 7) is 7.84. The summed E-state index contributed by atoms with van der Waals surface area (Å²) >= 11 is 0. The molecule has 0 N–H and O–H groups in total. The number of hydrogen-bond acceptors (Lipinski definition) is 4. The van der Waals surface area contributed by atoms with E-state index < -0.39 is 5.97 Å². The smallest absolute Gasteiger partial charge is 0.311 e. The molecule has 0 aliphatic rings. The molecule has 0 aliphatic carbocycles. The molecule has 4 heteroatoms. The third-order valence-corrected chi connectivity index (χ3v) is 3.33. The normalized spacial score (nSPS) is 12.0. The van der Waals surface area contributed by atoms with Crippen LogP contribution in [-0.4, -0.2) is 18.0 Å². The fourth-order valence-electron chi connectivity index (χ4n) is 1.62. The topological polar surface area (TPSA) is 52.6 Å². The van der Waals surface area contributed by atoms with Crippen molar-refractivity contribution in [2.24, 2.45) is 5.92 Å². The van der Waals surface area contributed by atoms with Crippen LogP contribution < -0.4 is 4.74 Å². The number of rotatable bonds is 7. The molecule has 0 saturated heterocycles. The maximum absolute atomic E-state index is 11.7. The van der Waals surface area contributed by atoms with Crippen molar-refractivity contribution in [2.75, 3.05) is 0 Å². The second kappa shape index (κ2) is 8.45. The van der Waals surface area contributed by atoms with Crippen molar-refractivity contribution < 1.29 is 19.1 Å². The molecular weight excluding hydrogens is 268 g/mol. The minimum absolute atomic E-state index is 0.0278. The zero-order chi connectivity index (χ0) is 15.8. The summed E-state index contributed by atoms with van der Waals surface area (Å²) < 4.78 is 10.4. The molecule has 0 fully saturated rings. The fraction of sp³-hybridized carbons (Fsp3) is 0.529. The van der Waals surface area contributed by atoms with E-state index >= 15 is 0 Å². The summed E-state index contributed by atoms with van der Waals surface area (Å²) in [4.78, 5) is 23.3. The van der Waals surface area contributed by atoms with Crippen LogP contribution in [0.15, 0.2) is 24.3 Å². The lowest BCUT2D eigenvalue weighted by Crippen LogP contribution is -2.21. The molecule has 4 nitrogen and oxygen atoms in total. The molecule has 1 aromatic carbocycles. The van der Waals surface area contributed by atoms with E-state index in [0.717, 1.165) is 12.0 Å². The molecule has 0 amide bonds. The van der Waals surface area contributed by atoms with Crippen LogP contribution in [0.3, 0.4) is 0 Å². The zero-order valence-electron chi connectivity index (χ0n) is 13.2. The van der Waals surface area contributed by atoms with Crippen molar-refractivity contribution >= 4 is 11.9 Å². The van der Waals surface area contributed by atoms with Crippen LogP contribution in [0, 0.1) is 5.92 Å². The van der Waals surface area contributed by atoms with Crippen LogP contribution in [-0.2, 0) is 20.7 Å². The SMILES string of the molecule is CCc1cccc(OC(=O)CCC(=O)OC(C)C(C)C)c1. The lowest BCUT2D eigenvalue weighted by Gasteiger charge is -2.16. The molecule has 0 aromatic heterocycles. The van der Waals surface area contributed by atoms with Gasteiger partial charge in [0, 0.05) is 0 Å². The Balaban J connectivity index is 2.38. The first-order valence-electron chi connectivity index (χ1n) is 7.41. The van der Waals surface area contributed by atoms with Gasteiger partial charge in [0.25, 0.3) is 0 Å². The van der Waals surface area contributed by atoms with Gasteiger partial charge in [0.1, 0.15) is 11.9 Å². The first-order chi connectivity index (χ1) is 9.92. The van der Waals surface area contributed by atoms with Gasteiger partial charge in [0.2, 0.25) is 0 Å². The molecule has 1 aromatic rings. The predicted octanol–water partition coefficient (Wildman–Crippen LogP) is 3.52. The number of benzene rings is 1. The highest BCUT2D eigenvalue weighted by Crippen LogP contribution is 2.15. The van der Waals surface area contributed by atoms with Gasteiger partial charge >= 0.3 is 11.9 Å². The van der Waals surface area contributed by atoms with Crippen LogP contribution in [0.4, 0.5) is 0 Å². The summed E-state index contributed by atoms with van der Waals surface area (Å²) in [5.41, 5.74) is 1.10. The molecule has 1 unspecified atom stereocenters. The van der Waals surface area contributed by atoms with Crippen LogP contribution in [0.5, 0.6) is 5.75 Å². The second-order valence-electron chi connectivity index (χ2n) is 5.41. The van der Waals surface area contributed by atoms with Gasteiger partial charge in [0.05, 0.1) is 12.8 Å². The van der Waals surface area contributed by atoms with E-state index in [1.807, 2.05) is 45.9 Å². The monoisotopic (exact) mass is 292 g/mol. The Bertz CT molecular complexity index is 479. The maximum atomic E-state index is 11.7. The first kappa shape index (κ1) is 17.2. The molecule has 0 aliphatic heterocycles. The molecule has 0 saturated carbocycles. The highest BCUT2D eigenvalue weighted by Gasteiger charge is 2.15. The maximum Gasteiger partial charge on any atom is 0.311 e. The minimum Gasteiger partial charge on any atom is -0.462 e. The Morgan fingerprint density at radius 2 is 1.76 bits per heavy atom. The van der Waals surface area contributed by atoms with Crippen LogP contribution >= 0.6 is 0 Å². The Morgan fingerprint density at radius 3 is 2.38 bits per heavy atom. The van der Waals surface area contributed by atoms with Crippen molar-refractivity contribution in [2.45, 2.75) is 53.1 Å². The first-order valence-corrected chi connectivity index (χ1v) is 7.41. The van der Waals surface area contributed by atoms with Gasteiger partial charge in [-0.15, -0.1) is 0 Å². The average molecular weight is 292 g/mol. The summed E-state index contributed by atoms with van der Waals surface area (Å²) in [6.07, 6.45) is 0.809. The van der Waals surface area contributed by atoms with Gasteiger partial charge in [-0.25, -0.2) is 0 Å². The van der Waals surface area contributed by atoms with E-state index in [1.54, 1.807) is 6.07 Å². The number of ether oxygens (including phenoxy) is 2. The molecule has 1 rings (SSSR count). The summed E-state index contributed by atoms with van der Waals surface area (Å²) in [5.74, 6) is -0.00573. The molecular formula is C17H24O4. The summed E-state index contributed by atoms with van der Waals surface area (Å²) in [6, 6.07) is 7.38. The molecule has 0 bridgehead atoms. The van der Waals surface area contributed by atoms with E-state index in [4.69, 9.17) is 9.47 Å². The lowest BCUT2D eigenvalue weighted by molar-refractivity contribution is -0.152. The average Bonchev–Trinajstić information content (AvgIpc) is 2.45. The number of carbonyl (C=O) groups is 2. The minimum atomic E-state index is -0.419. The van der Waals surface area contributed by atoms with Crippen LogP contribution in [0.1, 0.15) is 46.1 Å². The van der Waals surface area contributed by atoms with Crippen LogP contribution in [0.2, 0.25) is 0 Å². The van der Waals surface area contributed by atoms with Gasteiger partial charge in [-0.05, 0) is 37.0 Å². The van der Waals surface area contributed by atoms with E-state index in [9.17, 15) is 9.59 Å². The van der Waals surface area contributed by atoms with Gasteiger partial charge in [-0.1, -0.05) is 32.9 Å². The Hall–Kier alpha value is -1.84. The molecule has 0 spiro atoms. The number of carbonyl (C=O) groups excluding carboxylic acids is 2. The van der Waals surface area contributed by atoms with Crippen molar-refractivity contribution in [1.29, 1.82) is 0 Å². The highest BCUT2D eigenvalue weighted by molar-refractivity contribution is 5.79. The molecule has 116 valence electrons. The highest BCUT2D eigenvalue weighted by atomic mass is 16.5. The van der Waals surface area contributed by atoms with Crippen molar-refractivity contribution in [3.05, 3.63) is 29.8 Å². The summed E-state index contributed by atoms with van der Waals surface area (Å²) in [7, 11) is 0. The van der Waals surface area contributed by atoms with Gasteiger partial charge in [0.15, 0.2) is 0 Å². The predicted molar refractivity (Wildman–Crippen MR) is 81.1 cm³/mol. The van der Waals surface area contributed by atoms with Crippen molar-refractivity contribution in [1.82, 2.24) is 0 Å². The third kappa shape index (κ3) is 6.43. The number of aryl methyl sites for hydroxylation is 1. The van der Waals surface area contributed by atoms with Gasteiger partial charge < -0.3 is 9.47 Å². The quantitative estimate of drug-likeness (QED) is 0.570. The summed E-state index contributed by atoms with van der Waals surface area (Å²) in [5, 5.41) is 0. The van der Waals surface area contributed by atoms with Crippen molar-refractivity contribution in [3.8, 4) is 5.75 Å².